The first-order chi connectivity index (χ1) is 8.12. The van der Waals surface area contributed by atoms with Crippen LogP contribution in [0.25, 0.3) is 0 Å². The van der Waals surface area contributed by atoms with Gasteiger partial charge in [-0.3, -0.25) is 0 Å². The van der Waals surface area contributed by atoms with E-state index < -0.39 is 59.6 Å². The summed E-state index contributed by atoms with van der Waals surface area (Å²) in [4.78, 5) is 0. The van der Waals surface area contributed by atoms with E-state index in [2.05, 4.69) is 8.23 Å². The molecule has 1 heterocycles. The summed E-state index contributed by atoms with van der Waals surface area (Å²) in [6, 6.07) is 0. The summed E-state index contributed by atoms with van der Waals surface area (Å²) < 4.78 is 73.3. The van der Waals surface area contributed by atoms with E-state index in [0.29, 0.717) is 0 Å². The van der Waals surface area contributed by atoms with E-state index in [9.17, 15) is 0 Å². The van der Waals surface area contributed by atoms with Gasteiger partial charge in [-0.05, 0) is 0 Å². The molecule has 0 aromatic heterocycles. The molecule has 1 fully saturated rings. The molecule has 12 heavy (non-hydrogen) atoms. The molecule has 1 saturated heterocycles. The van der Waals surface area contributed by atoms with Gasteiger partial charge in [0.2, 0.25) is 0 Å². The smallest absolute Gasteiger partial charge is 0.286 e. The molecule has 0 saturated carbocycles. The van der Waals surface area contributed by atoms with Crippen LogP contribution in [-0.4, -0.2) is 67.0 Å². The van der Waals surface area contributed by atoms with Crippen LogP contribution in [-0.2, 0) is 24.7 Å². The van der Waals surface area contributed by atoms with E-state index in [1.165, 1.54) is 0 Å². The van der Waals surface area contributed by atoms with Crippen LogP contribution in [0.3, 0.4) is 0 Å². The summed E-state index contributed by atoms with van der Waals surface area (Å²) in [6.07, 6.45) is 0. The standard InChI is InChI=1S/H12O6Si6/c1-7-2-9-4-11-6-12-5-10-3-8-1/h7-12H2/i7D2,8D2,9D2. The Hall–Kier alpha value is 1.06. The summed E-state index contributed by atoms with van der Waals surface area (Å²) in [7, 11) is -17.4. The fraction of sp³-hybridized carbons (Fsp3) is 0. The third-order valence-electron chi connectivity index (χ3n) is 0.736. The van der Waals surface area contributed by atoms with Crippen LogP contribution in [0.5, 0.6) is 0 Å². The van der Waals surface area contributed by atoms with Crippen molar-refractivity contribution in [3.8, 4) is 0 Å². The van der Waals surface area contributed by atoms with Crippen molar-refractivity contribution in [3.63, 3.8) is 0 Å². The lowest BCUT2D eigenvalue weighted by Gasteiger charge is -2.10. The molecule has 0 unspecified atom stereocenters. The van der Waals surface area contributed by atoms with Gasteiger partial charge in [-0.2, -0.15) is 0 Å². The minimum absolute atomic E-state index is 1.35. The molecule has 6 nitrogen and oxygen atoms in total. The normalized spacial score (nSPS) is 50.0. The SMILES string of the molecule is [2H][Si]1([2H])O[SiH2]O[SiH2]O[SiH2]O[Si]([2H])([2H])O[Si]([2H])([2H])O1. The Balaban J connectivity index is 2.72. The fourth-order valence-electron chi connectivity index (χ4n) is 0.372. The van der Waals surface area contributed by atoms with Crippen LogP contribution in [0.4, 0.5) is 0 Å². The van der Waals surface area contributed by atoms with Gasteiger partial charge in [0.05, 0.1) is 7.41 Å². The Morgan fingerprint density at radius 2 is 1.00 bits per heavy atom. The Morgan fingerprint density at radius 3 is 1.58 bits per heavy atom. The van der Waals surface area contributed by atoms with E-state index in [1.54, 1.807) is 0 Å². The van der Waals surface area contributed by atoms with Crippen molar-refractivity contribution in [3.05, 3.63) is 0 Å². The van der Waals surface area contributed by atoms with Gasteiger partial charge in [0.25, 0.3) is 59.6 Å². The van der Waals surface area contributed by atoms with Crippen molar-refractivity contribution >= 4 is 59.6 Å². The lowest BCUT2D eigenvalue weighted by Crippen LogP contribution is -2.23. The highest BCUT2D eigenvalue weighted by Crippen LogP contribution is 1.79. The maximum atomic E-state index is 7.42. The molecular weight excluding hydrogens is 265 g/mol. The minimum atomic E-state index is -4.47. The van der Waals surface area contributed by atoms with Crippen molar-refractivity contribution in [1.29, 1.82) is 7.41 Å². The van der Waals surface area contributed by atoms with Gasteiger partial charge >= 0.3 is 0 Å². The zero-order chi connectivity index (χ0) is 13.9. The van der Waals surface area contributed by atoms with Crippen LogP contribution < -0.4 is 0 Å². The molecule has 0 aromatic carbocycles. The van der Waals surface area contributed by atoms with Gasteiger partial charge in [0.15, 0.2) is 0 Å². The summed E-state index contributed by atoms with van der Waals surface area (Å²) in [5, 5.41) is 0. The molecule has 72 valence electrons. The average molecular weight is 283 g/mol. The quantitative estimate of drug-likeness (QED) is 0.413. The molecule has 0 aliphatic carbocycles. The van der Waals surface area contributed by atoms with Crippen molar-refractivity contribution in [2.45, 2.75) is 0 Å². The molecule has 12 heteroatoms. The molecule has 0 aromatic rings. The van der Waals surface area contributed by atoms with Gasteiger partial charge in [0.1, 0.15) is 0 Å². The summed E-state index contributed by atoms with van der Waals surface area (Å²) >= 11 is 0. The van der Waals surface area contributed by atoms with Crippen molar-refractivity contribution in [2.24, 2.45) is 0 Å². The van der Waals surface area contributed by atoms with Crippen LogP contribution in [0, 0.1) is 0 Å². The molecule has 0 bridgehead atoms. The lowest BCUT2D eigenvalue weighted by molar-refractivity contribution is 0.348. The summed E-state index contributed by atoms with van der Waals surface area (Å²) in [5.74, 6) is 0. The van der Waals surface area contributed by atoms with Gasteiger partial charge in [-0.15, -0.1) is 0 Å². The van der Waals surface area contributed by atoms with Crippen LogP contribution in [0.2, 0.25) is 0 Å². The van der Waals surface area contributed by atoms with Gasteiger partial charge in [0, 0.05) is 0 Å². The zero-order valence-corrected chi connectivity index (χ0v) is 13.3. The molecule has 0 N–H and O–H groups in total. The topological polar surface area (TPSA) is 55.4 Å². The molecule has 0 amide bonds. The Kier molecular flexibility index (Phi) is 3.77. The van der Waals surface area contributed by atoms with Crippen LogP contribution >= 0.6 is 0 Å². The van der Waals surface area contributed by atoms with Gasteiger partial charge < -0.3 is 24.7 Å². The minimum Gasteiger partial charge on any atom is -0.425 e. The Morgan fingerprint density at radius 1 is 0.583 bits per heavy atom. The maximum absolute atomic E-state index is 7.42. The second kappa shape index (κ2) is 8.65. The van der Waals surface area contributed by atoms with E-state index in [-0.39, 0.29) is 0 Å². The number of hydrogen-bond donors (Lipinski definition) is 0. The first-order valence-corrected chi connectivity index (χ1v) is 8.87. The second-order valence-corrected chi connectivity index (χ2v) is 9.92. The maximum Gasteiger partial charge on any atom is 0.286 e. The predicted octanol–water partition coefficient (Wildman–Crippen LogP) is -5.91. The molecular formula is H12O6Si6. The Bertz CT molecular complexity index is 249. The first-order valence-electron chi connectivity index (χ1n) is 5.96. The molecule has 1 aliphatic heterocycles. The molecule has 1 aliphatic rings. The first kappa shape index (κ1) is 5.23. The molecule has 0 radical (unpaired) electrons. The molecule has 1 rings (SSSR count). The number of hydrogen-bond acceptors (Lipinski definition) is 6. The van der Waals surface area contributed by atoms with Crippen LogP contribution in [0.15, 0.2) is 0 Å². The highest BCUT2D eigenvalue weighted by molar-refractivity contribution is 6.50. The molecule has 0 spiro atoms. The van der Waals surface area contributed by atoms with Crippen LogP contribution in [0.1, 0.15) is 0 Å². The second-order valence-electron chi connectivity index (χ2n) is 1.50. The van der Waals surface area contributed by atoms with Crippen molar-refractivity contribution < 1.29 is 24.7 Å². The van der Waals surface area contributed by atoms with E-state index in [4.69, 9.17) is 23.9 Å². The largest absolute Gasteiger partial charge is 0.425 e. The zero-order valence-electron chi connectivity index (χ0n) is 12.1. The highest BCUT2D eigenvalue weighted by atomic mass is 28.4. The molecule has 0 atom stereocenters. The van der Waals surface area contributed by atoms with Crippen molar-refractivity contribution in [1.82, 2.24) is 0 Å². The fourth-order valence-corrected chi connectivity index (χ4v) is 7.35. The average Bonchev–Trinajstić information content (AvgIpc) is 2.10. The third kappa shape index (κ3) is 6.56. The summed E-state index contributed by atoms with van der Waals surface area (Å²) in [6.45, 7) is 0. The van der Waals surface area contributed by atoms with E-state index in [1.807, 2.05) is 0 Å². The van der Waals surface area contributed by atoms with E-state index >= 15 is 0 Å². The van der Waals surface area contributed by atoms with Gasteiger partial charge in [-0.1, -0.05) is 0 Å². The van der Waals surface area contributed by atoms with Crippen molar-refractivity contribution in [2.75, 3.05) is 0 Å². The summed E-state index contributed by atoms with van der Waals surface area (Å²) in [5.41, 5.74) is 0. The predicted molar refractivity (Wildman–Crippen MR) is 57.8 cm³/mol. The number of rotatable bonds is 0. The highest BCUT2D eigenvalue weighted by Gasteiger charge is 1.97. The lowest BCUT2D eigenvalue weighted by atomic mass is 15.7. The van der Waals surface area contributed by atoms with E-state index in [0.717, 1.165) is 0 Å². The Labute approximate surface area is 92.3 Å². The third-order valence-corrected chi connectivity index (χ3v) is 6.62. The monoisotopic (exact) mass is 282 g/mol. The van der Waals surface area contributed by atoms with Gasteiger partial charge in [-0.25, -0.2) is 0 Å².